The van der Waals surface area contributed by atoms with E-state index >= 15 is 0 Å². The molecular formula is C14H25N3S. The van der Waals surface area contributed by atoms with Crippen molar-refractivity contribution in [3.8, 4) is 0 Å². The summed E-state index contributed by atoms with van der Waals surface area (Å²) in [4.78, 5) is 5.62. The summed E-state index contributed by atoms with van der Waals surface area (Å²) < 4.78 is 0. The van der Waals surface area contributed by atoms with Crippen LogP contribution in [0.25, 0.3) is 0 Å². The average Bonchev–Trinajstić information content (AvgIpc) is 2.81. The van der Waals surface area contributed by atoms with Crippen molar-refractivity contribution in [2.75, 3.05) is 19.6 Å². The van der Waals surface area contributed by atoms with Gasteiger partial charge in [0.2, 0.25) is 0 Å². The lowest BCUT2D eigenvalue weighted by atomic mass is 9.85. The zero-order chi connectivity index (χ0) is 12.8. The van der Waals surface area contributed by atoms with E-state index in [1.807, 2.05) is 6.20 Å². The fourth-order valence-electron chi connectivity index (χ4n) is 2.63. The number of rotatable bonds is 6. The predicted molar refractivity (Wildman–Crippen MR) is 77.9 cm³/mol. The number of aryl methyl sites for hydroxylation is 1. The highest BCUT2D eigenvalue weighted by Gasteiger charge is 2.19. The van der Waals surface area contributed by atoms with Crippen molar-refractivity contribution in [1.82, 2.24) is 15.6 Å². The second-order valence-electron chi connectivity index (χ2n) is 5.39. The third-order valence-electron chi connectivity index (χ3n) is 3.88. The van der Waals surface area contributed by atoms with E-state index in [2.05, 4.69) is 29.5 Å². The lowest BCUT2D eigenvalue weighted by Crippen LogP contribution is -2.34. The summed E-state index contributed by atoms with van der Waals surface area (Å²) in [5.74, 6) is 1.71. The Bertz CT molecular complexity index is 345. The molecule has 0 amide bonds. The number of nitrogens with zero attached hydrogens (tertiary/aromatic N) is 1. The Kier molecular flexibility index (Phi) is 5.60. The van der Waals surface area contributed by atoms with Crippen molar-refractivity contribution in [2.45, 2.75) is 39.7 Å². The summed E-state index contributed by atoms with van der Waals surface area (Å²) in [7, 11) is 0. The van der Waals surface area contributed by atoms with Gasteiger partial charge in [-0.3, -0.25) is 0 Å². The first-order valence-corrected chi connectivity index (χ1v) is 7.90. The largest absolute Gasteiger partial charge is 0.316 e. The van der Waals surface area contributed by atoms with Crippen LogP contribution in [0, 0.1) is 18.8 Å². The smallest absolute Gasteiger partial charge is 0.0897 e. The lowest BCUT2D eigenvalue weighted by Gasteiger charge is -2.28. The van der Waals surface area contributed by atoms with Crippen LogP contribution in [0.2, 0.25) is 0 Å². The van der Waals surface area contributed by atoms with Crippen LogP contribution in [-0.4, -0.2) is 24.6 Å². The molecule has 0 aromatic carbocycles. The molecule has 0 bridgehead atoms. The van der Waals surface area contributed by atoms with Gasteiger partial charge in [0.1, 0.15) is 0 Å². The van der Waals surface area contributed by atoms with Crippen LogP contribution < -0.4 is 10.6 Å². The third-order valence-corrected chi connectivity index (χ3v) is 4.80. The van der Waals surface area contributed by atoms with E-state index in [-0.39, 0.29) is 0 Å². The summed E-state index contributed by atoms with van der Waals surface area (Å²) in [6.45, 7) is 8.99. The van der Waals surface area contributed by atoms with Crippen molar-refractivity contribution in [2.24, 2.45) is 11.8 Å². The summed E-state index contributed by atoms with van der Waals surface area (Å²) in [5.41, 5.74) is 0. The second-order valence-corrected chi connectivity index (χ2v) is 6.71. The van der Waals surface area contributed by atoms with Gasteiger partial charge in [0.05, 0.1) is 5.01 Å². The van der Waals surface area contributed by atoms with Crippen LogP contribution in [0.15, 0.2) is 6.20 Å². The highest BCUT2D eigenvalue weighted by molar-refractivity contribution is 7.11. The minimum absolute atomic E-state index is 0.827. The fourth-order valence-corrected chi connectivity index (χ4v) is 3.39. The van der Waals surface area contributed by atoms with E-state index in [0.29, 0.717) is 0 Å². The van der Waals surface area contributed by atoms with Gasteiger partial charge in [-0.2, -0.15) is 0 Å². The summed E-state index contributed by atoms with van der Waals surface area (Å²) in [6.07, 6.45) is 6.02. The molecular weight excluding hydrogens is 242 g/mol. The maximum Gasteiger partial charge on any atom is 0.0897 e. The predicted octanol–water partition coefficient (Wildman–Crippen LogP) is 2.57. The van der Waals surface area contributed by atoms with E-state index < -0.39 is 0 Å². The minimum atomic E-state index is 0.827. The second kappa shape index (κ2) is 7.22. The Morgan fingerprint density at radius 1 is 1.61 bits per heavy atom. The molecule has 1 saturated heterocycles. The molecule has 102 valence electrons. The molecule has 3 nitrogen and oxygen atoms in total. The zero-order valence-corrected chi connectivity index (χ0v) is 12.4. The minimum Gasteiger partial charge on any atom is -0.316 e. The Balaban J connectivity index is 1.59. The first kappa shape index (κ1) is 14.0. The molecule has 1 aromatic rings. The Labute approximate surface area is 114 Å². The molecule has 1 aromatic heterocycles. The molecule has 1 aliphatic rings. The van der Waals surface area contributed by atoms with Crippen LogP contribution in [0.3, 0.4) is 0 Å². The normalized spacial score (nSPS) is 22.0. The molecule has 2 N–H and O–H groups in total. The first-order valence-electron chi connectivity index (χ1n) is 7.08. The highest BCUT2D eigenvalue weighted by atomic mass is 32.1. The number of hydrogen-bond acceptors (Lipinski definition) is 4. The monoisotopic (exact) mass is 267 g/mol. The number of aromatic nitrogens is 1. The van der Waals surface area contributed by atoms with E-state index in [9.17, 15) is 0 Å². The van der Waals surface area contributed by atoms with Crippen molar-refractivity contribution in [1.29, 1.82) is 0 Å². The third kappa shape index (κ3) is 4.34. The first-order chi connectivity index (χ1) is 8.75. The lowest BCUT2D eigenvalue weighted by molar-refractivity contribution is 0.266. The molecule has 2 unspecified atom stereocenters. The number of piperidine rings is 1. The van der Waals surface area contributed by atoms with E-state index in [1.165, 1.54) is 37.2 Å². The van der Waals surface area contributed by atoms with Crippen LogP contribution in [0.1, 0.15) is 36.1 Å². The molecule has 2 atom stereocenters. The van der Waals surface area contributed by atoms with E-state index in [4.69, 9.17) is 0 Å². The van der Waals surface area contributed by atoms with Gasteiger partial charge in [0.25, 0.3) is 0 Å². The van der Waals surface area contributed by atoms with Gasteiger partial charge < -0.3 is 10.6 Å². The summed E-state index contributed by atoms with van der Waals surface area (Å²) in [6, 6.07) is 0. The number of thiazole rings is 1. The molecule has 0 radical (unpaired) electrons. The van der Waals surface area contributed by atoms with Gasteiger partial charge in [-0.15, -0.1) is 11.3 Å². The molecule has 2 heterocycles. The van der Waals surface area contributed by atoms with Crippen LogP contribution in [0.5, 0.6) is 0 Å². The molecule has 0 aliphatic carbocycles. The summed E-state index contributed by atoms with van der Waals surface area (Å²) >= 11 is 1.79. The van der Waals surface area contributed by atoms with Crippen LogP contribution in [-0.2, 0) is 6.54 Å². The molecule has 0 saturated carbocycles. The highest BCUT2D eigenvalue weighted by Crippen LogP contribution is 2.22. The van der Waals surface area contributed by atoms with Crippen LogP contribution in [0.4, 0.5) is 0 Å². The van der Waals surface area contributed by atoms with E-state index in [1.54, 1.807) is 11.3 Å². The SMILES string of the molecule is Cc1ncc(CNCCC(C)C2CCCNC2)s1. The zero-order valence-electron chi connectivity index (χ0n) is 11.5. The van der Waals surface area contributed by atoms with Crippen molar-refractivity contribution < 1.29 is 0 Å². The Hall–Kier alpha value is -0.450. The average molecular weight is 267 g/mol. The number of nitrogens with one attached hydrogen (secondary N) is 2. The maximum atomic E-state index is 4.27. The number of hydrogen-bond donors (Lipinski definition) is 2. The van der Waals surface area contributed by atoms with Crippen LogP contribution >= 0.6 is 11.3 Å². The topological polar surface area (TPSA) is 37.0 Å². The van der Waals surface area contributed by atoms with Crippen molar-refractivity contribution in [3.63, 3.8) is 0 Å². The standard InChI is InChI=1S/C14H25N3S/c1-11(13-4-3-6-15-8-13)5-7-16-9-14-10-17-12(2)18-14/h10-11,13,15-16H,3-9H2,1-2H3. The van der Waals surface area contributed by atoms with Gasteiger partial charge in [-0.1, -0.05) is 6.92 Å². The molecule has 18 heavy (non-hydrogen) atoms. The van der Waals surface area contributed by atoms with Gasteiger partial charge >= 0.3 is 0 Å². The molecule has 1 fully saturated rings. The molecule has 2 rings (SSSR count). The van der Waals surface area contributed by atoms with Gasteiger partial charge in [0, 0.05) is 17.6 Å². The Morgan fingerprint density at radius 3 is 3.17 bits per heavy atom. The van der Waals surface area contributed by atoms with E-state index in [0.717, 1.165) is 29.9 Å². The summed E-state index contributed by atoms with van der Waals surface area (Å²) in [5, 5.41) is 8.20. The van der Waals surface area contributed by atoms with Crippen molar-refractivity contribution >= 4 is 11.3 Å². The van der Waals surface area contributed by atoms with Gasteiger partial charge in [-0.25, -0.2) is 4.98 Å². The van der Waals surface area contributed by atoms with Gasteiger partial charge in [-0.05, 0) is 57.7 Å². The molecule has 4 heteroatoms. The Morgan fingerprint density at radius 2 is 2.50 bits per heavy atom. The maximum absolute atomic E-state index is 4.27. The quantitative estimate of drug-likeness (QED) is 0.778. The molecule has 1 aliphatic heterocycles. The van der Waals surface area contributed by atoms with Crippen molar-refractivity contribution in [3.05, 3.63) is 16.1 Å². The molecule has 0 spiro atoms. The van der Waals surface area contributed by atoms with Gasteiger partial charge in [0.15, 0.2) is 0 Å². The fraction of sp³-hybridized carbons (Fsp3) is 0.786.